The Kier molecular flexibility index (Phi) is 8.38. The van der Waals surface area contributed by atoms with Crippen LogP contribution in [0.2, 0.25) is 0 Å². The number of rotatable bonds is 9. The Morgan fingerprint density at radius 2 is 1.70 bits per heavy atom. The Balaban J connectivity index is 1.32. The summed E-state index contributed by atoms with van der Waals surface area (Å²) >= 11 is 0. The normalized spacial score (nSPS) is 14.9. The molecule has 1 saturated heterocycles. The quantitative estimate of drug-likeness (QED) is 0.604. The van der Waals surface area contributed by atoms with E-state index >= 15 is 0 Å². The van der Waals surface area contributed by atoms with Crippen LogP contribution in [0.4, 0.5) is 0 Å². The maximum atomic E-state index is 12.4. The van der Waals surface area contributed by atoms with Crippen LogP contribution in [0, 0.1) is 0 Å². The Hall–Kier alpha value is -2.74. The van der Waals surface area contributed by atoms with Crippen molar-refractivity contribution in [3.8, 4) is 0 Å². The number of amides is 2. The van der Waals surface area contributed by atoms with Crippen LogP contribution in [0.3, 0.4) is 0 Å². The van der Waals surface area contributed by atoms with Crippen molar-refractivity contribution in [2.24, 2.45) is 0 Å². The van der Waals surface area contributed by atoms with Crippen molar-refractivity contribution in [3.63, 3.8) is 0 Å². The van der Waals surface area contributed by atoms with E-state index in [-0.39, 0.29) is 36.9 Å². The van der Waals surface area contributed by atoms with E-state index in [2.05, 4.69) is 20.5 Å². The topological polar surface area (TPSA) is 96.3 Å². The lowest BCUT2D eigenvalue weighted by Crippen LogP contribution is -2.35. The lowest BCUT2D eigenvalue weighted by Gasteiger charge is -2.19. The van der Waals surface area contributed by atoms with Gasteiger partial charge in [-0.25, -0.2) is 4.98 Å². The molecule has 2 heterocycles. The SMILES string of the molecule is O=C(CCNC(=O)Cn1cnc2ccccc2c1=O)NCCCN1CCCCCC1. The average molecular weight is 414 g/mol. The van der Waals surface area contributed by atoms with Crippen LogP contribution in [-0.4, -0.2) is 59.0 Å². The van der Waals surface area contributed by atoms with Gasteiger partial charge in [-0.3, -0.25) is 19.0 Å². The number of aromatic nitrogens is 2. The molecule has 1 fully saturated rings. The second kappa shape index (κ2) is 11.4. The molecule has 0 spiro atoms. The van der Waals surface area contributed by atoms with Crippen LogP contribution < -0.4 is 16.2 Å². The molecule has 3 rings (SSSR count). The summed E-state index contributed by atoms with van der Waals surface area (Å²) in [6.07, 6.45) is 7.73. The molecule has 0 unspecified atom stereocenters. The molecule has 162 valence electrons. The van der Waals surface area contributed by atoms with E-state index in [1.807, 2.05) is 6.07 Å². The van der Waals surface area contributed by atoms with Gasteiger partial charge in [0.05, 0.1) is 17.2 Å². The highest BCUT2D eigenvalue weighted by Crippen LogP contribution is 2.09. The molecular weight excluding hydrogens is 382 g/mol. The molecule has 8 nitrogen and oxygen atoms in total. The molecule has 2 aromatic rings. The number of hydrogen-bond donors (Lipinski definition) is 2. The summed E-state index contributed by atoms with van der Waals surface area (Å²) in [6, 6.07) is 7.03. The largest absolute Gasteiger partial charge is 0.356 e. The maximum absolute atomic E-state index is 12.4. The van der Waals surface area contributed by atoms with E-state index in [1.165, 1.54) is 36.6 Å². The Morgan fingerprint density at radius 1 is 0.967 bits per heavy atom. The van der Waals surface area contributed by atoms with E-state index in [4.69, 9.17) is 0 Å². The predicted octanol–water partition coefficient (Wildman–Crippen LogP) is 1.29. The molecule has 0 aliphatic carbocycles. The van der Waals surface area contributed by atoms with Gasteiger partial charge in [-0.05, 0) is 51.0 Å². The highest BCUT2D eigenvalue weighted by atomic mass is 16.2. The third kappa shape index (κ3) is 6.66. The lowest BCUT2D eigenvalue weighted by molar-refractivity contribution is -0.122. The van der Waals surface area contributed by atoms with Gasteiger partial charge in [0.1, 0.15) is 6.54 Å². The number of nitrogens with zero attached hydrogens (tertiary/aromatic N) is 3. The van der Waals surface area contributed by atoms with Gasteiger partial charge in [0, 0.05) is 19.5 Å². The first-order chi connectivity index (χ1) is 14.6. The Bertz CT molecular complexity index is 903. The standard InChI is InChI=1S/C22H31N5O3/c28-20(23-11-7-15-26-13-5-1-2-6-14-26)10-12-24-21(29)16-27-17-25-19-9-4-3-8-18(19)22(27)30/h3-4,8-9,17H,1-2,5-7,10-16H2,(H,23,28)(H,24,29). The van der Waals surface area contributed by atoms with Crippen molar-refractivity contribution >= 4 is 22.7 Å². The minimum absolute atomic E-state index is 0.0734. The van der Waals surface area contributed by atoms with Crippen molar-refractivity contribution < 1.29 is 9.59 Å². The summed E-state index contributed by atoms with van der Waals surface area (Å²) in [7, 11) is 0. The predicted molar refractivity (Wildman–Crippen MR) is 116 cm³/mol. The molecule has 8 heteroatoms. The minimum atomic E-state index is -0.317. The second-order valence-electron chi connectivity index (χ2n) is 7.75. The van der Waals surface area contributed by atoms with E-state index < -0.39 is 0 Å². The Labute approximate surface area is 176 Å². The molecule has 1 aromatic carbocycles. The van der Waals surface area contributed by atoms with Gasteiger partial charge in [-0.15, -0.1) is 0 Å². The second-order valence-corrected chi connectivity index (χ2v) is 7.75. The van der Waals surface area contributed by atoms with E-state index in [0.29, 0.717) is 17.4 Å². The summed E-state index contributed by atoms with van der Waals surface area (Å²) < 4.78 is 1.28. The third-order valence-electron chi connectivity index (χ3n) is 5.39. The first kappa shape index (κ1) is 22.0. The molecule has 30 heavy (non-hydrogen) atoms. The zero-order valence-corrected chi connectivity index (χ0v) is 17.4. The van der Waals surface area contributed by atoms with E-state index in [9.17, 15) is 14.4 Å². The zero-order chi connectivity index (χ0) is 21.2. The molecular formula is C22H31N5O3. The molecule has 0 radical (unpaired) electrons. The molecule has 1 aliphatic rings. The number of carbonyl (C=O) groups is 2. The average Bonchev–Trinajstić information content (AvgIpc) is 3.02. The highest BCUT2D eigenvalue weighted by Gasteiger charge is 2.10. The van der Waals surface area contributed by atoms with Crippen molar-refractivity contribution in [2.75, 3.05) is 32.7 Å². The van der Waals surface area contributed by atoms with Crippen LogP contribution in [0.15, 0.2) is 35.4 Å². The number of carbonyl (C=O) groups excluding carboxylic acids is 2. The fraction of sp³-hybridized carbons (Fsp3) is 0.545. The fourth-order valence-corrected chi connectivity index (χ4v) is 3.72. The van der Waals surface area contributed by atoms with Crippen LogP contribution in [0.25, 0.3) is 10.9 Å². The fourth-order valence-electron chi connectivity index (χ4n) is 3.72. The summed E-state index contributed by atoms with van der Waals surface area (Å²) in [5.74, 6) is -0.390. The number of nitrogens with one attached hydrogen (secondary N) is 2. The van der Waals surface area contributed by atoms with Crippen LogP contribution in [-0.2, 0) is 16.1 Å². The number of benzene rings is 1. The lowest BCUT2D eigenvalue weighted by atomic mass is 10.2. The van der Waals surface area contributed by atoms with Crippen molar-refractivity contribution in [1.82, 2.24) is 25.1 Å². The molecule has 0 atom stereocenters. The number of hydrogen-bond acceptors (Lipinski definition) is 5. The smallest absolute Gasteiger partial charge is 0.261 e. The van der Waals surface area contributed by atoms with Crippen molar-refractivity contribution in [3.05, 3.63) is 40.9 Å². The molecule has 2 amide bonds. The monoisotopic (exact) mass is 413 g/mol. The first-order valence-corrected chi connectivity index (χ1v) is 10.8. The van der Waals surface area contributed by atoms with Gasteiger partial charge >= 0.3 is 0 Å². The molecule has 1 aromatic heterocycles. The van der Waals surface area contributed by atoms with E-state index in [0.717, 1.165) is 26.1 Å². The van der Waals surface area contributed by atoms with Crippen LogP contribution >= 0.6 is 0 Å². The van der Waals surface area contributed by atoms with Gasteiger partial charge < -0.3 is 15.5 Å². The van der Waals surface area contributed by atoms with Gasteiger partial charge in [-0.2, -0.15) is 0 Å². The van der Waals surface area contributed by atoms with Gasteiger partial charge in [0.25, 0.3) is 5.56 Å². The number of para-hydroxylation sites is 1. The summed E-state index contributed by atoms with van der Waals surface area (Å²) in [5, 5.41) is 6.08. The summed E-state index contributed by atoms with van der Waals surface area (Å²) in [5.41, 5.74) is 0.351. The van der Waals surface area contributed by atoms with Gasteiger partial charge in [-0.1, -0.05) is 25.0 Å². The van der Waals surface area contributed by atoms with E-state index in [1.54, 1.807) is 18.2 Å². The molecule has 0 bridgehead atoms. The Morgan fingerprint density at radius 3 is 2.50 bits per heavy atom. The van der Waals surface area contributed by atoms with Crippen molar-refractivity contribution in [1.29, 1.82) is 0 Å². The maximum Gasteiger partial charge on any atom is 0.261 e. The third-order valence-corrected chi connectivity index (χ3v) is 5.39. The molecule has 1 aliphatic heterocycles. The highest BCUT2D eigenvalue weighted by molar-refractivity contribution is 5.80. The summed E-state index contributed by atoms with van der Waals surface area (Å²) in [6.45, 7) is 4.12. The zero-order valence-electron chi connectivity index (χ0n) is 17.4. The minimum Gasteiger partial charge on any atom is -0.356 e. The van der Waals surface area contributed by atoms with Gasteiger partial charge in [0.2, 0.25) is 11.8 Å². The molecule has 2 N–H and O–H groups in total. The van der Waals surface area contributed by atoms with Crippen LogP contribution in [0.1, 0.15) is 38.5 Å². The van der Waals surface area contributed by atoms with Crippen molar-refractivity contribution in [2.45, 2.75) is 45.1 Å². The molecule has 0 saturated carbocycles. The first-order valence-electron chi connectivity index (χ1n) is 10.8. The van der Waals surface area contributed by atoms with Gasteiger partial charge in [0.15, 0.2) is 0 Å². The van der Waals surface area contributed by atoms with Crippen LogP contribution in [0.5, 0.6) is 0 Å². The summed E-state index contributed by atoms with van der Waals surface area (Å²) in [4.78, 5) is 43.1. The number of fused-ring (bicyclic) bond motifs is 1. The number of likely N-dealkylation sites (tertiary alicyclic amines) is 1.